The van der Waals surface area contributed by atoms with Crippen LogP contribution in [-0.4, -0.2) is 26.7 Å². The van der Waals surface area contributed by atoms with Crippen LogP contribution in [0.25, 0.3) is 0 Å². The van der Waals surface area contributed by atoms with Crippen LogP contribution >= 0.6 is 0 Å². The van der Waals surface area contributed by atoms with Gasteiger partial charge in [0.1, 0.15) is 0 Å². The largest absolute Gasteiger partial charge is 0.366 e. The molecule has 1 aromatic carbocycles. The first-order chi connectivity index (χ1) is 12.6. The van der Waals surface area contributed by atoms with Crippen LogP contribution in [0.1, 0.15) is 32.1 Å². The summed E-state index contributed by atoms with van der Waals surface area (Å²) < 4.78 is 0. The highest BCUT2D eigenvalue weighted by molar-refractivity contribution is 5.97. The highest BCUT2D eigenvalue weighted by Gasteiger charge is 2.18. The number of carbonyl (C=O) groups excluding carboxylic acids is 2. The quantitative estimate of drug-likeness (QED) is 0.742. The summed E-state index contributed by atoms with van der Waals surface area (Å²) in [4.78, 5) is 34.5. The Bertz CT molecular complexity index is 839. The third kappa shape index (κ3) is 4.30. The number of pyridine rings is 2. The van der Waals surface area contributed by atoms with E-state index in [-0.39, 0.29) is 5.91 Å². The van der Waals surface area contributed by atoms with Crippen molar-refractivity contribution < 1.29 is 9.59 Å². The summed E-state index contributed by atoms with van der Waals surface area (Å²) in [5.41, 5.74) is 7.66. The zero-order chi connectivity index (χ0) is 18.4. The molecule has 2 N–H and O–H groups in total. The minimum Gasteiger partial charge on any atom is -0.366 e. The second-order valence-electron chi connectivity index (χ2n) is 5.74. The number of amides is 2. The molecule has 3 rings (SSSR count). The molecule has 0 bridgehead atoms. The van der Waals surface area contributed by atoms with Gasteiger partial charge in [-0.05, 0) is 48.5 Å². The lowest BCUT2D eigenvalue weighted by Gasteiger charge is -2.22. The Morgan fingerprint density at radius 1 is 0.769 bits per heavy atom. The standard InChI is InChI=1S/C20H18N4O2/c21-19(25)15-7-9-16(10-8-15)20(26)24(13-17-5-1-3-11-22-17)14-18-6-2-4-12-23-18/h1-12H,13-14H2,(H2,21,25). The molecule has 0 saturated carbocycles. The Kier molecular flexibility index (Phi) is 5.34. The van der Waals surface area contributed by atoms with E-state index in [0.29, 0.717) is 24.2 Å². The van der Waals surface area contributed by atoms with Gasteiger partial charge < -0.3 is 10.6 Å². The molecule has 2 amide bonds. The number of hydrogen-bond acceptors (Lipinski definition) is 4. The molecular formula is C20H18N4O2. The topological polar surface area (TPSA) is 89.2 Å². The van der Waals surface area contributed by atoms with E-state index in [2.05, 4.69) is 9.97 Å². The van der Waals surface area contributed by atoms with Gasteiger partial charge in [-0.2, -0.15) is 0 Å². The van der Waals surface area contributed by atoms with Gasteiger partial charge in [0.15, 0.2) is 0 Å². The van der Waals surface area contributed by atoms with E-state index in [9.17, 15) is 9.59 Å². The van der Waals surface area contributed by atoms with Gasteiger partial charge in [-0.3, -0.25) is 19.6 Å². The summed E-state index contributed by atoms with van der Waals surface area (Å²) in [5, 5.41) is 0. The average Bonchev–Trinajstić information content (AvgIpc) is 2.68. The molecule has 6 heteroatoms. The van der Waals surface area contributed by atoms with Crippen LogP contribution in [0, 0.1) is 0 Å². The van der Waals surface area contributed by atoms with Crippen LogP contribution in [-0.2, 0) is 13.1 Å². The lowest BCUT2D eigenvalue weighted by atomic mass is 10.1. The zero-order valence-electron chi connectivity index (χ0n) is 14.1. The molecular weight excluding hydrogens is 328 g/mol. The molecule has 2 aromatic heterocycles. The molecule has 0 spiro atoms. The van der Waals surface area contributed by atoms with Gasteiger partial charge in [0.05, 0.1) is 24.5 Å². The van der Waals surface area contributed by atoms with E-state index in [1.165, 1.54) is 0 Å². The van der Waals surface area contributed by atoms with Crippen molar-refractivity contribution in [2.45, 2.75) is 13.1 Å². The second kappa shape index (κ2) is 8.02. The van der Waals surface area contributed by atoms with Crippen LogP contribution in [0.3, 0.4) is 0 Å². The minimum atomic E-state index is -0.525. The number of primary amides is 1. The van der Waals surface area contributed by atoms with Crippen LogP contribution in [0.2, 0.25) is 0 Å². The summed E-state index contributed by atoms with van der Waals surface area (Å²) in [6.07, 6.45) is 3.39. The smallest absolute Gasteiger partial charge is 0.254 e. The van der Waals surface area contributed by atoms with E-state index < -0.39 is 5.91 Å². The van der Waals surface area contributed by atoms with E-state index in [0.717, 1.165) is 11.4 Å². The van der Waals surface area contributed by atoms with Crippen LogP contribution in [0.5, 0.6) is 0 Å². The first-order valence-corrected chi connectivity index (χ1v) is 8.12. The minimum absolute atomic E-state index is 0.169. The molecule has 6 nitrogen and oxygen atoms in total. The molecule has 0 atom stereocenters. The zero-order valence-corrected chi connectivity index (χ0v) is 14.1. The van der Waals surface area contributed by atoms with Crippen molar-refractivity contribution in [3.63, 3.8) is 0 Å². The van der Waals surface area contributed by atoms with E-state index in [4.69, 9.17) is 5.73 Å². The van der Waals surface area contributed by atoms with Crippen molar-refractivity contribution in [3.8, 4) is 0 Å². The first kappa shape index (κ1) is 17.3. The van der Waals surface area contributed by atoms with Gasteiger partial charge in [-0.1, -0.05) is 12.1 Å². The fraction of sp³-hybridized carbons (Fsp3) is 0.100. The van der Waals surface area contributed by atoms with Crippen molar-refractivity contribution in [1.29, 1.82) is 0 Å². The summed E-state index contributed by atoms with van der Waals surface area (Å²) in [6.45, 7) is 0.710. The normalized spacial score (nSPS) is 10.3. The number of rotatable bonds is 6. The number of nitrogens with two attached hydrogens (primary N) is 1. The van der Waals surface area contributed by atoms with Gasteiger partial charge in [-0.25, -0.2) is 0 Å². The van der Waals surface area contributed by atoms with Gasteiger partial charge in [0.25, 0.3) is 5.91 Å². The molecule has 0 radical (unpaired) electrons. The lowest BCUT2D eigenvalue weighted by molar-refractivity contribution is 0.0725. The van der Waals surface area contributed by atoms with Gasteiger partial charge in [0.2, 0.25) is 5.91 Å². The summed E-state index contributed by atoms with van der Waals surface area (Å²) in [7, 11) is 0. The first-order valence-electron chi connectivity index (χ1n) is 8.12. The second-order valence-corrected chi connectivity index (χ2v) is 5.74. The van der Waals surface area contributed by atoms with Crippen molar-refractivity contribution in [1.82, 2.24) is 14.9 Å². The number of carbonyl (C=O) groups is 2. The maximum atomic E-state index is 13.0. The molecule has 26 heavy (non-hydrogen) atoms. The molecule has 0 aliphatic carbocycles. The van der Waals surface area contributed by atoms with Crippen molar-refractivity contribution in [2.24, 2.45) is 5.73 Å². The fourth-order valence-corrected chi connectivity index (χ4v) is 2.53. The number of hydrogen-bond donors (Lipinski definition) is 1. The van der Waals surface area contributed by atoms with Crippen LogP contribution in [0.15, 0.2) is 73.1 Å². The fourth-order valence-electron chi connectivity index (χ4n) is 2.53. The van der Waals surface area contributed by atoms with E-state index in [1.807, 2.05) is 36.4 Å². The molecule has 3 aromatic rings. The van der Waals surface area contributed by atoms with Crippen LogP contribution in [0.4, 0.5) is 0 Å². The predicted octanol–water partition coefficient (Wildman–Crippen LogP) is 2.42. The Balaban J connectivity index is 1.85. The lowest BCUT2D eigenvalue weighted by Crippen LogP contribution is -2.30. The monoisotopic (exact) mass is 346 g/mol. The highest BCUT2D eigenvalue weighted by atomic mass is 16.2. The third-order valence-corrected chi connectivity index (χ3v) is 3.86. The van der Waals surface area contributed by atoms with Crippen molar-refractivity contribution in [3.05, 3.63) is 95.6 Å². The number of benzene rings is 1. The Morgan fingerprint density at radius 2 is 1.27 bits per heavy atom. The average molecular weight is 346 g/mol. The van der Waals surface area contributed by atoms with Gasteiger partial charge >= 0.3 is 0 Å². The Morgan fingerprint density at radius 3 is 1.69 bits per heavy atom. The summed E-state index contributed by atoms with van der Waals surface area (Å²) in [6, 6.07) is 17.5. The van der Waals surface area contributed by atoms with E-state index in [1.54, 1.807) is 41.6 Å². The van der Waals surface area contributed by atoms with Crippen molar-refractivity contribution in [2.75, 3.05) is 0 Å². The van der Waals surface area contributed by atoms with Crippen LogP contribution < -0.4 is 5.73 Å². The molecule has 2 heterocycles. The Labute approximate surface area is 151 Å². The molecule has 0 saturated heterocycles. The molecule has 0 aliphatic rings. The number of nitrogens with zero attached hydrogens (tertiary/aromatic N) is 3. The van der Waals surface area contributed by atoms with Gasteiger partial charge in [0, 0.05) is 23.5 Å². The maximum absolute atomic E-state index is 13.0. The van der Waals surface area contributed by atoms with Crippen molar-refractivity contribution >= 4 is 11.8 Å². The predicted molar refractivity (Wildman–Crippen MR) is 97.0 cm³/mol. The molecule has 130 valence electrons. The summed E-state index contributed by atoms with van der Waals surface area (Å²) >= 11 is 0. The molecule has 0 fully saturated rings. The summed E-state index contributed by atoms with van der Waals surface area (Å²) in [5.74, 6) is -0.694. The van der Waals surface area contributed by atoms with E-state index >= 15 is 0 Å². The number of aromatic nitrogens is 2. The SMILES string of the molecule is NC(=O)c1ccc(C(=O)N(Cc2ccccn2)Cc2ccccn2)cc1. The maximum Gasteiger partial charge on any atom is 0.254 e. The Hall–Kier alpha value is -3.54. The van der Waals surface area contributed by atoms with Gasteiger partial charge in [-0.15, -0.1) is 0 Å². The third-order valence-electron chi connectivity index (χ3n) is 3.86. The molecule has 0 unspecified atom stereocenters. The highest BCUT2D eigenvalue weighted by Crippen LogP contribution is 2.13. The molecule has 0 aliphatic heterocycles.